The van der Waals surface area contributed by atoms with Gasteiger partial charge in [-0.2, -0.15) is 3.71 Å². The van der Waals surface area contributed by atoms with E-state index in [9.17, 15) is 36.1 Å². The smallest absolute Gasteiger partial charge is 0.346 e. The van der Waals surface area contributed by atoms with Crippen molar-refractivity contribution >= 4 is 49.0 Å². The number of esters is 1. The second kappa shape index (κ2) is 12.0. The zero-order chi connectivity index (χ0) is 29.9. The molecular formula is C24H30ClFN2O9S2. The summed E-state index contributed by atoms with van der Waals surface area (Å²) in [5.74, 6) is -4.15. The van der Waals surface area contributed by atoms with Crippen molar-refractivity contribution in [3.63, 3.8) is 0 Å². The summed E-state index contributed by atoms with van der Waals surface area (Å²) in [6.07, 6.45) is 0.191. The highest BCUT2D eigenvalue weighted by Gasteiger charge is 2.36. The predicted molar refractivity (Wildman–Crippen MR) is 145 cm³/mol. The SMILES string of the molecule is CCCS(=O)(=O)N(c1ccc(F)c(Oc2ccc([N+](=O)[O-])c(C(=O)OC(C)(C)C)c2C)c1Cl)S(=O)(=O)CCC. The largest absolute Gasteiger partial charge is 0.456 e. The summed E-state index contributed by atoms with van der Waals surface area (Å²) in [4.78, 5) is 23.6. The lowest BCUT2D eigenvalue weighted by molar-refractivity contribution is -0.385. The fourth-order valence-corrected chi connectivity index (χ4v) is 8.02. The summed E-state index contributed by atoms with van der Waals surface area (Å²) in [6.45, 7) is 9.10. The Morgan fingerprint density at radius 1 is 1.05 bits per heavy atom. The first-order valence-electron chi connectivity index (χ1n) is 11.8. The van der Waals surface area contributed by atoms with Gasteiger partial charge >= 0.3 is 5.97 Å². The second-order valence-electron chi connectivity index (χ2n) is 9.48. The van der Waals surface area contributed by atoms with E-state index in [0.29, 0.717) is 0 Å². The van der Waals surface area contributed by atoms with Gasteiger partial charge < -0.3 is 9.47 Å². The maximum atomic E-state index is 15.0. The summed E-state index contributed by atoms with van der Waals surface area (Å²) in [5, 5.41) is 10.9. The van der Waals surface area contributed by atoms with E-state index in [0.717, 1.165) is 24.3 Å². The molecule has 39 heavy (non-hydrogen) atoms. The molecule has 0 aromatic heterocycles. The van der Waals surface area contributed by atoms with Gasteiger partial charge in [0.15, 0.2) is 11.6 Å². The molecule has 0 aliphatic rings. The van der Waals surface area contributed by atoms with E-state index >= 15 is 0 Å². The fraction of sp³-hybridized carbons (Fsp3) is 0.458. The van der Waals surface area contributed by atoms with Gasteiger partial charge in [-0.15, -0.1) is 0 Å². The summed E-state index contributed by atoms with van der Waals surface area (Å²) >= 11 is 6.36. The van der Waals surface area contributed by atoms with Crippen LogP contribution in [0.4, 0.5) is 15.8 Å². The van der Waals surface area contributed by atoms with Crippen molar-refractivity contribution in [2.24, 2.45) is 0 Å². The molecule has 0 N–H and O–H groups in total. The van der Waals surface area contributed by atoms with Gasteiger partial charge in [0.05, 0.1) is 22.1 Å². The van der Waals surface area contributed by atoms with Crippen LogP contribution in [-0.2, 0) is 24.8 Å². The van der Waals surface area contributed by atoms with E-state index in [1.807, 2.05) is 0 Å². The molecule has 2 aromatic carbocycles. The van der Waals surface area contributed by atoms with Crippen molar-refractivity contribution in [1.29, 1.82) is 0 Å². The molecule has 0 saturated heterocycles. The molecule has 0 heterocycles. The van der Waals surface area contributed by atoms with Gasteiger partial charge in [-0.05, 0) is 58.7 Å². The molecule has 0 atom stereocenters. The molecule has 0 radical (unpaired) electrons. The van der Waals surface area contributed by atoms with Crippen LogP contribution in [0.25, 0.3) is 0 Å². The Balaban J connectivity index is 2.76. The summed E-state index contributed by atoms with van der Waals surface area (Å²) in [5.41, 5.74) is -2.67. The summed E-state index contributed by atoms with van der Waals surface area (Å²) in [6, 6.07) is 3.74. The van der Waals surface area contributed by atoms with Crippen LogP contribution >= 0.6 is 11.6 Å². The van der Waals surface area contributed by atoms with Crippen LogP contribution in [0, 0.1) is 22.9 Å². The topological polar surface area (TPSA) is 150 Å². The monoisotopic (exact) mass is 608 g/mol. The summed E-state index contributed by atoms with van der Waals surface area (Å²) < 4.78 is 78.0. The van der Waals surface area contributed by atoms with E-state index in [-0.39, 0.29) is 27.9 Å². The lowest BCUT2D eigenvalue weighted by Crippen LogP contribution is -2.40. The number of hydrogen-bond acceptors (Lipinski definition) is 9. The molecule has 11 nitrogen and oxygen atoms in total. The van der Waals surface area contributed by atoms with Crippen LogP contribution in [0.5, 0.6) is 11.5 Å². The average molecular weight is 609 g/mol. The molecule has 0 unspecified atom stereocenters. The number of rotatable bonds is 11. The predicted octanol–water partition coefficient (Wildman–Crippen LogP) is 5.73. The number of nitrogens with zero attached hydrogens (tertiary/aromatic N) is 2. The Bertz CT molecular complexity index is 1450. The lowest BCUT2D eigenvalue weighted by Gasteiger charge is -2.25. The van der Waals surface area contributed by atoms with E-state index < -0.39 is 81.6 Å². The highest BCUT2D eigenvalue weighted by Crippen LogP contribution is 2.43. The van der Waals surface area contributed by atoms with Gasteiger partial charge in [0.1, 0.15) is 21.9 Å². The van der Waals surface area contributed by atoms with Crippen molar-refractivity contribution in [2.45, 2.75) is 60.0 Å². The molecule has 0 aliphatic carbocycles. The molecule has 2 aromatic rings. The first-order chi connectivity index (χ1) is 17.9. The Labute approximate surface area is 232 Å². The third-order valence-electron chi connectivity index (χ3n) is 5.06. The second-order valence-corrected chi connectivity index (χ2v) is 14.0. The molecule has 0 spiro atoms. The van der Waals surface area contributed by atoms with Gasteiger partial charge in [-0.3, -0.25) is 10.1 Å². The van der Waals surface area contributed by atoms with E-state index in [4.69, 9.17) is 21.1 Å². The maximum Gasteiger partial charge on any atom is 0.346 e. The van der Waals surface area contributed by atoms with Crippen LogP contribution in [0.3, 0.4) is 0 Å². The van der Waals surface area contributed by atoms with Crippen LogP contribution in [-0.4, -0.2) is 44.8 Å². The highest BCUT2D eigenvalue weighted by molar-refractivity contribution is 8.10. The molecule has 0 amide bonds. The molecule has 216 valence electrons. The number of anilines is 1. The molecule has 0 bridgehead atoms. The van der Waals surface area contributed by atoms with Gasteiger partial charge in [-0.25, -0.2) is 26.0 Å². The third kappa shape index (κ3) is 7.37. The number of carbonyl (C=O) groups is 1. The van der Waals surface area contributed by atoms with Crippen molar-refractivity contribution in [3.05, 3.63) is 56.3 Å². The minimum atomic E-state index is -4.44. The van der Waals surface area contributed by atoms with Gasteiger partial charge in [0.25, 0.3) is 5.69 Å². The zero-order valence-corrected chi connectivity index (χ0v) is 24.7. The van der Waals surface area contributed by atoms with Crippen molar-refractivity contribution in [2.75, 3.05) is 15.2 Å². The normalized spacial score (nSPS) is 12.2. The van der Waals surface area contributed by atoms with Crippen LogP contribution < -0.4 is 8.45 Å². The van der Waals surface area contributed by atoms with Gasteiger partial charge in [-0.1, -0.05) is 25.4 Å². The van der Waals surface area contributed by atoms with Crippen LogP contribution in [0.2, 0.25) is 5.02 Å². The minimum Gasteiger partial charge on any atom is -0.456 e. The molecule has 15 heteroatoms. The number of halogens is 2. The number of ether oxygens (including phenoxy) is 2. The Morgan fingerprint density at radius 3 is 2.05 bits per heavy atom. The van der Waals surface area contributed by atoms with Crippen molar-refractivity contribution < 1.29 is 40.4 Å². The molecule has 2 rings (SSSR count). The maximum absolute atomic E-state index is 15.0. The van der Waals surface area contributed by atoms with E-state index in [1.165, 1.54) is 6.92 Å². The van der Waals surface area contributed by atoms with E-state index in [1.54, 1.807) is 34.6 Å². The molecular weight excluding hydrogens is 579 g/mol. The quantitative estimate of drug-likeness (QED) is 0.177. The Morgan fingerprint density at radius 2 is 1.59 bits per heavy atom. The fourth-order valence-electron chi connectivity index (χ4n) is 3.55. The first kappa shape index (κ1) is 32.2. The first-order valence-corrected chi connectivity index (χ1v) is 15.4. The zero-order valence-electron chi connectivity index (χ0n) is 22.3. The average Bonchev–Trinajstić information content (AvgIpc) is 2.77. The standard InChI is InChI=1S/C24H30ClFN2O9S2/c1-7-13-38(32,33)28(39(34,35)14-8-2)18-10-9-16(26)22(21(18)25)36-19-12-11-17(27(30)31)20(15(19)3)23(29)37-24(4,5)6/h9-12H,7-8,13-14H2,1-6H3. The van der Waals surface area contributed by atoms with E-state index in [2.05, 4.69) is 0 Å². The lowest BCUT2D eigenvalue weighted by atomic mass is 10.0. The Hall–Kier alpha value is -2.97. The Kier molecular flexibility index (Phi) is 9.96. The van der Waals surface area contributed by atoms with Crippen LogP contribution in [0.15, 0.2) is 24.3 Å². The molecule has 0 saturated carbocycles. The third-order valence-corrected chi connectivity index (χ3v) is 10.0. The highest BCUT2D eigenvalue weighted by atomic mass is 35.5. The summed E-state index contributed by atoms with van der Waals surface area (Å²) in [7, 11) is -8.88. The molecule has 0 fully saturated rings. The minimum absolute atomic E-state index is 0.0895. The number of benzene rings is 2. The number of hydrogen-bond donors (Lipinski definition) is 0. The van der Waals surface area contributed by atoms with Gasteiger partial charge in [0, 0.05) is 11.6 Å². The van der Waals surface area contributed by atoms with Crippen molar-refractivity contribution in [1.82, 2.24) is 0 Å². The number of nitro benzene ring substituents is 1. The number of nitro groups is 1. The van der Waals surface area contributed by atoms with Crippen molar-refractivity contribution in [3.8, 4) is 11.5 Å². The number of carbonyl (C=O) groups excluding carboxylic acids is 1. The van der Waals surface area contributed by atoms with Crippen LogP contribution in [0.1, 0.15) is 63.4 Å². The number of sulfonamides is 2. The molecule has 0 aliphatic heterocycles. The van der Waals surface area contributed by atoms with Gasteiger partial charge in [0.2, 0.25) is 20.0 Å².